The van der Waals surface area contributed by atoms with Gasteiger partial charge in [0, 0.05) is 40.5 Å². The Hall–Kier alpha value is -4.29. The number of anilines is 1. The quantitative estimate of drug-likeness (QED) is 0.172. The predicted octanol–water partition coefficient (Wildman–Crippen LogP) is 6.16. The zero-order valence-electron chi connectivity index (χ0n) is 29.0. The van der Waals surface area contributed by atoms with E-state index in [0.29, 0.717) is 34.9 Å². The highest BCUT2D eigenvalue weighted by molar-refractivity contribution is 6.72. The number of fused-ring (bicyclic) bond motifs is 3. The lowest BCUT2D eigenvalue weighted by atomic mass is 9.82. The number of aromatic nitrogens is 1. The number of carbonyl (C=O) groups excluding carboxylic acids is 2. The summed E-state index contributed by atoms with van der Waals surface area (Å²) in [6.45, 7) is 5.33. The van der Waals surface area contributed by atoms with Crippen molar-refractivity contribution in [1.29, 1.82) is 0 Å². The van der Waals surface area contributed by atoms with Crippen LogP contribution in [0.25, 0.3) is 5.69 Å². The van der Waals surface area contributed by atoms with Gasteiger partial charge in [-0.3, -0.25) is 19.0 Å². The van der Waals surface area contributed by atoms with E-state index in [0.717, 1.165) is 16.7 Å². The molecule has 4 heterocycles. The SMILES string of the molecule is COc1cccn(-c2cccc(CN3C(=O)[C@]4(O[C@H](CC(=O)N5Cc6ccccc6C[C@H]5CO)[C@@H]([Si](C)(C)F)[C@@H]4C)c4cc(Cl)ccc43)c2)c1=O. The van der Waals surface area contributed by atoms with E-state index in [1.165, 1.54) is 11.7 Å². The van der Waals surface area contributed by atoms with E-state index in [2.05, 4.69) is 0 Å². The van der Waals surface area contributed by atoms with Crippen LogP contribution in [0, 0.1) is 5.92 Å². The standard InChI is InChI=1S/C39H41ClFN3O6Si/c1-24-36(51(3,4)41)34(20-35(46)43-22-27-11-6-5-10-26(27)18-30(43)23-45)50-39(24)31-19-28(40)14-15-32(31)44(38(39)48)21-25-9-7-12-29(17-25)42-16-8-13-33(49-2)37(42)47/h5-17,19,24,30,34,36,45H,18,20-23H2,1-4H3/t24-,30-,34+,36-,39+/m0/s1. The number of aliphatic hydroxyl groups excluding tert-OH is 1. The lowest BCUT2D eigenvalue weighted by Gasteiger charge is -2.37. The van der Waals surface area contributed by atoms with Crippen molar-refractivity contribution in [3.05, 3.63) is 123 Å². The molecule has 3 aromatic carbocycles. The Morgan fingerprint density at radius 1 is 1.06 bits per heavy atom. The highest BCUT2D eigenvalue weighted by Crippen LogP contribution is 2.60. The number of methoxy groups -OCH3 is 1. The van der Waals surface area contributed by atoms with E-state index in [4.69, 9.17) is 21.1 Å². The Morgan fingerprint density at radius 3 is 2.55 bits per heavy atom. The molecule has 5 atom stereocenters. The van der Waals surface area contributed by atoms with Crippen molar-refractivity contribution in [3.63, 3.8) is 0 Å². The van der Waals surface area contributed by atoms with Crippen LogP contribution < -0.4 is 15.2 Å². The minimum Gasteiger partial charge on any atom is -0.491 e. The summed E-state index contributed by atoms with van der Waals surface area (Å²) >= 11 is 6.56. The number of aliphatic hydroxyl groups is 1. The zero-order valence-corrected chi connectivity index (χ0v) is 30.8. The van der Waals surface area contributed by atoms with Gasteiger partial charge in [-0.25, -0.2) is 0 Å². The van der Waals surface area contributed by atoms with Crippen molar-refractivity contribution in [3.8, 4) is 11.4 Å². The van der Waals surface area contributed by atoms with Crippen LogP contribution in [-0.2, 0) is 39.4 Å². The third-order valence-electron chi connectivity index (χ3n) is 10.8. The lowest BCUT2D eigenvalue weighted by molar-refractivity contribution is -0.151. The Morgan fingerprint density at radius 2 is 1.82 bits per heavy atom. The molecule has 51 heavy (non-hydrogen) atoms. The number of amides is 2. The molecule has 2 amide bonds. The van der Waals surface area contributed by atoms with Crippen LogP contribution >= 0.6 is 11.6 Å². The molecule has 1 saturated heterocycles. The summed E-state index contributed by atoms with van der Waals surface area (Å²) < 4.78 is 30.0. The second-order valence-electron chi connectivity index (χ2n) is 14.3. The van der Waals surface area contributed by atoms with Gasteiger partial charge in [-0.2, -0.15) is 0 Å². The van der Waals surface area contributed by atoms with Gasteiger partial charge in [-0.1, -0.05) is 54.9 Å². The molecule has 3 aliphatic rings. The van der Waals surface area contributed by atoms with Crippen molar-refractivity contribution in [2.75, 3.05) is 18.6 Å². The van der Waals surface area contributed by atoms with E-state index in [1.807, 2.05) is 49.4 Å². The molecule has 0 radical (unpaired) electrons. The minimum atomic E-state index is -3.55. The van der Waals surface area contributed by atoms with Crippen LogP contribution in [-0.4, -0.2) is 60.7 Å². The van der Waals surface area contributed by atoms with Crippen LogP contribution in [0.2, 0.25) is 23.7 Å². The molecule has 3 aliphatic heterocycles. The molecule has 0 unspecified atom stereocenters. The third kappa shape index (κ3) is 5.99. The first kappa shape index (κ1) is 35.1. The van der Waals surface area contributed by atoms with Gasteiger partial charge >= 0.3 is 0 Å². The number of pyridine rings is 1. The van der Waals surface area contributed by atoms with Gasteiger partial charge in [0.1, 0.15) is 0 Å². The van der Waals surface area contributed by atoms with Crippen molar-refractivity contribution in [2.45, 2.75) is 69.2 Å². The monoisotopic (exact) mass is 729 g/mol. The van der Waals surface area contributed by atoms with Crippen LogP contribution in [0.1, 0.15) is 35.6 Å². The second kappa shape index (κ2) is 13.4. The summed E-state index contributed by atoms with van der Waals surface area (Å²) in [5, 5.41) is 10.7. The summed E-state index contributed by atoms with van der Waals surface area (Å²) in [6.07, 6.45) is 1.16. The highest BCUT2D eigenvalue weighted by Gasteiger charge is 2.67. The zero-order chi connectivity index (χ0) is 36.2. The maximum atomic E-state index is 16.5. The van der Waals surface area contributed by atoms with Gasteiger partial charge in [-0.15, -0.1) is 0 Å². The fourth-order valence-corrected chi connectivity index (χ4v) is 11.2. The van der Waals surface area contributed by atoms with E-state index < -0.39 is 37.6 Å². The van der Waals surface area contributed by atoms with E-state index in [9.17, 15) is 19.5 Å². The Balaban J connectivity index is 1.23. The average Bonchev–Trinajstić information content (AvgIpc) is 3.53. The number of halogens is 2. The van der Waals surface area contributed by atoms with Crippen molar-refractivity contribution < 1.29 is 28.3 Å². The molecule has 9 nitrogen and oxygen atoms in total. The van der Waals surface area contributed by atoms with E-state index in [-0.39, 0.29) is 42.7 Å². The average molecular weight is 730 g/mol. The summed E-state index contributed by atoms with van der Waals surface area (Å²) in [7, 11) is -2.11. The first-order valence-electron chi connectivity index (χ1n) is 17.2. The second-order valence-corrected chi connectivity index (χ2v) is 18.5. The predicted molar refractivity (Wildman–Crippen MR) is 195 cm³/mol. The van der Waals surface area contributed by atoms with Crippen molar-refractivity contribution >= 4 is 37.5 Å². The molecule has 4 aromatic rings. The normalized spacial score (nSPS) is 24.2. The lowest BCUT2D eigenvalue weighted by Crippen LogP contribution is -2.48. The Bertz CT molecular complexity index is 2070. The van der Waals surface area contributed by atoms with Crippen molar-refractivity contribution in [2.24, 2.45) is 5.92 Å². The minimum absolute atomic E-state index is 0.129. The largest absolute Gasteiger partial charge is 0.491 e. The molecular weight excluding hydrogens is 689 g/mol. The highest BCUT2D eigenvalue weighted by atomic mass is 35.5. The van der Waals surface area contributed by atoms with Gasteiger partial charge < -0.3 is 28.5 Å². The molecule has 12 heteroatoms. The smallest absolute Gasteiger partial charge is 0.297 e. The van der Waals surface area contributed by atoms with Gasteiger partial charge in [0.05, 0.1) is 44.5 Å². The number of hydrogen-bond donors (Lipinski definition) is 1. The van der Waals surface area contributed by atoms with Gasteiger partial charge in [-0.05, 0) is 78.7 Å². The van der Waals surface area contributed by atoms with Gasteiger partial charge in [0.25, 0.3) is 11.5 Å². The van der Waals surface area contributed by atoms with Crippen LogP contribution in [0.15, 0.2) is 89.9 Å². The van der Waals surface area contributed by atoms with Crippen LogP contribution in [0.4, 0.5) is 9.80 Å². The molecule has 1 N–H and O–H groups in total. The Labute approximate surface area is 302 Å². The number of hydrogen-bond acceptors (Lipinski definition) is 6. The summed E-state index contributed by atoms with van der Waals surface area (Å²) in [5.41, 5.74) is 2.02. The fourth-order valence-electron chi connectivity index (χ4n) is 8.53. The number of rotatable bonds is 8. The number of ether oxygens (including phenoxy) is 2. The fraction of sp³-hybridized carbons (Fsp3) is 0.359. The Kier molecular flexibility index (Phi) is 9.20. The molecule has 1 fully saturated rings. The maximum absolute atomic E-state index is 16.5. The van der Waals surface area contributed by atoms with Crippen LogP contribution in [0.5, 0.6) is 5.75 Å². The van der Waals surface area contributed by atoms with Gasteiger partial charge in [0.2, 0.25) is 14.3 Å². The molecule has 0 aliphatic carbocycles. The number of nitrogens with zero attached hydrogens (tertiary/aromatic N) is 3. The maximum Gasteiger partial charge on any atom is 0.297 e. The van der Waals surface area contributed by atoms with Crippen LogP contribution in [0.3, 0.4) is 0 Å². The molecule has 1 aromatic heterocycles. The third-order valence-corrected chi connectivity index (χ3v) is 13.5. The number of carbonyl (C=O) groups is 2. The molecule has 0 saturated carbocycles. The molecule has 1 spiro atoms. The summed E-state index contributed by atoms with van der Waals surface area (Å²) in [5.74, 6) is -1.01. The summed E-state index contributed by atoms with van der Waals surface area (Å²) in [6, 6.07) is 23.3. The first-order valence-corrected chi connectivity index (χ1v) is 20.5. The molecular formula is C39H41ClFN3O6Si. The molecule has 7 rings (SSSR count). The molecule has 266 valence electrons. The number of benzene rings is 3. The van der Waals surface area contributed by atoms with E-state index >= 15 is 4.11 Å². The first-order chi connectivity index (χ1) is 24.4. The molecule has 0 bridgehead atoms. The van der Waals surface area contributed by atoms with Crippen molar-refractivity contribution in [1.82, 2.24) is 9.47 Å². The summed E-state index contributed by atoms with van der Waals surface area (Å²) in [4.78, 5) is 45.3. The van der Waals surface area contributed by atoms with E-state index in [1.54, 1.807) is 65.5 Å². The van der Waals surface area contributed by atoms with Gasteiger partial charge in [0.15, 0.2) is 11.4 Å². The topological polar surface area (TPSA) is 101 Å².